The zero-order chi connectivity index (χ0) is 16.6. The van der Waals surface area contributed by atoms with Crippen LogP contribution in [0.5, 0.6) is 0 Å². The molecule has 0 atom stereocenters. The van der Waals surface area contributed by atoms with Crippen molar-refractivity contribution < 1.29 is 19.5 Å². The first kappa shape index (κ1) is 19.2. The number of nitrogens with zero attached hydrogens (tertiary/aromatic N) is 2. The smallest absolute Gasteiger partial charge is 0.320 e. The van der Waals surface area contributed by atoms with Crippen LogP contribution in [0.3, 0.4) is 0 Å². The maximum Gasteiger partial charge on any atom is 0.320 e. The number of carboxylic acid groups (broad SMARTS) is 1. The molecule has 122 valence electrons. The summed E-state index contributed by atoms with van der Waals surface area (Å²) in [4.78, 5) is 37.4. The lowest BCUT2D eigenvalue weighted by molar-refractivity contribution is -0.137. The molecule has 2 N–H and O–H groups in total. The minimum absolute atomic E-state index is 0.0147. The zero-order valence-electron chi connectivity index (χ0n) is 13.5. The Kier molecular flexibility index (Phi) is 8.42. The largest absolute Gasteiger partial charge is 0.481 e. The number of hydrogen-bond donors (Lipinski definition) is 2. The van der Waals surface area contributed by atoms with Crippen molar-refractivity contribution in [1.29, 1.82) is 0 Å². The quantitative estimate of drug-likeness (QED) is 0.703. The number of carbonyl (C=O) groups excluding carboxylic acids is 2. The molecule has 21 heavy (non-hydrogen) atoms. The monoisotopic (exact) mass is 301 g/mol. The van der Waals surface area contributed by atoms with E-state index in [-0.39, 0.29) is 37.0 Å². The number of likely N-dealkylation sites (N-methyl/N-ethyl adjacent to an activating group) is 1. The molecule has 0 bridgehead atoms. The van der Waals surface area contributed by atoms with Gasteiger partial charge in [0, 0.05) is 32.1 Å². The van der Waals surface area contributed by atoms with E-state index >= 15 is 0 Å². The number of carbonyl (C=O) groups is 3. The number of aliphatic carboxylic acids is 1. The Hall–Kier alpha value is -1.79. The van der Waals surface area contributed by atoms with E-state index in [9.17, 15) is 14.4 Å². The Morgan fingerprint density at radius 2 is 1.71 bits per heavy atom. The van der Waals surface area contributed by atoms with Crippen LogP contribution in [0, 0.1) is 0 Å². The van der Waals surface area contributed by atoms with Gasteiger partial charge in [0.15, 0.2) is 0 Å². The zero-order valence-corrected chi connectivity index (χ0v) is 13.5. The molecule has 0 heterocycles. The molecule has 0 radical (unpaired) electrons. The highest BCUT2D eigenvalue weighted by Crippen LogP contribution is 2.06. The van der Waals surface area contributed by atoms with Crippen molar-refractivity contribution in [3.8, 4) is 0 Å². The molecule has 0 aromatic rings. The average molecular weight is 301 g/mol. The lowest BCUT2D eigenvalue weighted by atomic mass is 10.2. The molecule has 0 saturated heterocycles. The van der Waals surface area contributed by atoms with Crippen molar-refractivity contribution in [1.82, 2.24) is 15.1 Å². The normalized spacial score (nSPS) is 10.6. The van der Waals surface area contributed by atoms with Crippen LogP contribution in [0.2, 0.25) is 0 Å². The van der Waals surface area contributed by atoms with E-state index in [2.05, 4.69) is 5.32 Å². The summed E-state index contributed by atoms with van der Waals surface area (Å²) in [5, 5.41) is 11.4. The summed E-state index contributed by atoms with van der Waals surface area (Å²) in [6.45, 7) is 7.78. The SMILES string of the molecule is CC(C)NC(=O)CN(C)C(=O)N(CCCC(=O)O)C(C)C. The van der Waals surface area contributed by atoms with Gasteiger partial charge in [-0.1, -0.05) is 0 Å². The topological polar surface area (TPSA) is 90.0 Å². The van der Waals surface area contributed by atoms with E-state index in [1.807, 2.05) is 27.7 Å². The van der Waals surface area contributed by atoms with Crippen molar-refractivity contribution in [2.75, 3.05) is 20.1 Å². The van der Waals surface area contributed by atoms with Crippen molar-refractivity contribution in [2.45, 2.75) is 52.6 Å². The van der Waals surface area contributed by atoms with E-state index in [0.717, 1.165) is 0 Å². The van der Waals surface area contributed by atoms with Gasteiger partial charge in [-0.2, -0.15) is 0 Å². The van der Waals surface area contributed by atoms with Gasteiger partial charge in [0.1, 0.15) is 6.54 Å². The van der Waals surface area contributed by atoms with Gasteiger partial charge in [0.2, 0.25) is 5.91 Å². The van der Waals surface area contributed by atoms with Crippen molar-refractivity contribution in [2.24, 2.45) is 0 Å². The molecule has 0 saturated carbocycles. The van der Waals surface area contributed by atoms with Gasteiger partial charge in [-0.15, -0.1) is 0 Å². The van der Waals surface area contributed by atoms with E-state index in [1.54, 1.807) is 11.9 Å². The summed E-state index contributed by atoms with van der Waals surface area (Å²) in [5.74, 6) is -1.09. The third-order valence-electron chi connectivity index (χ3n) is 2.82. The fraction of sp³-hybridized carbons (Fsp3) is 0.786. The van der Waals surface area contributed by atoms with E-state index in [0.29, 0.717) is 13.0 Å². The summed E-state index contributed by atoms with van der Waals surface area (Å²) in [7, 11) is 1.56. The Morgan fingerprint density at radius 3 is 2.14 bits per heavy atom. The van der Waals surface area contributed by atoms with E-state index in [1.165, 1.54) is 4.90 Å². The highest BCUT2D eigenvalue weighted by atomic mass is 16.4. The molecule has 0 aromatic heterocycles. The second-order valence-electron chi connectivity index (χ2n) is 5.65. The fourth-order valence-electron chi connectivity index (χ4n) is 1.85. The third kappa shape index (κ3) is 8.16. The summed E-state index contributed by atoms with van der Waals surface area (Å²) in [6, 6.07) is -0.297. The van der Waals surface area contributed by atoms with Crippen LogP contribution >= 0.6 is 0 Å². The van der Waals surface area contributed by atoms with Crippen LogP contribution in [0.1, 0.15) is 40.5 Å². The first-order chi connectivity index (χ1) is 9.65. The van der Waals surface area contributed by atoms with Gasteiger partial charge in [0.25, 0.3) is 0 Å². The van der Waals surface area contributed by atoms with Crippen LogP contribution in [0.25, 0.3) is 0 Å². The number of hydrogen-bond acceptors (Lipinski definition) is 3. The highest BCUT2D eigenvalue weighted by Gasteiger charge is 2.22. The van der Waals surface area contributed by atoms with Crippen LogP contribution in [0.15, 0.2) is 0 Å². The lowest BCUT2D eigenvalue weighted by Crippen LogP contribution is -2.49. The van der Waals surface area contributed by atoms with Crippen LogP contribution < -0.4 is 5.32 Å². The van der Waals surface area contributed by atoms with Crippen molar-refractivity contribution in [3.63, 3.8) is 0 Å². The molecule has 0 aromatic carbocycles. The number of rotatable bonds is 8. The number of carboxylic acids is 1. The maximum absolute atomic E-state index is 12.3. The Morgan fingerprint density at radius 1 is 1.14 bits per heavy atom. The first-order valence-corrected chi connectivity index (χ1v) is 7.18. The minimum Gasteiger partial charge on any atom is -0.481 e. The van der Waals surface area contributed by atoms with Gasteiger partial charge >= 0.3 is 12.0 Å². The lowest BCUT2D eigenvalue weighted by Gasteiger charge is -2.31. The third-order valence-corrected chi connectivity index (χ3v) is 2.82. The van der Waals surface area contributed by atoms with E-state index < -0.39 is 5.97 Å². The van der Waals surface area contributed by atoms with Gasteiger partial charge in [-0.3, -0.25) is 9.59 Å². The Labute approximate surface area is 126 Å². The molecule has 0 aliphatic heterocycles. The fourth-order valence-corrected chi connectivity index (χ4v) is 1.85. The van der Waals surface area contributed by atoms with Crippen LogP contribution in [0.4, 0.5) is 4.79 Å². The predicted octanol–water partition coefficient (Wildman–Crippen LogP) is 1.14. The van der Waals surface area contributed by atoms with Crippen molar-refractivity contribution in [3.05, 3.63) is 0 Å². The Bertz CT molecular complexity index is 369. The standard InChI is InChI=1S/C14H27N3O4/c1-10(2)15-12(18)9-16(5)14(21)17(11(3)4)8-6-7-13(19)20/h10-11H,6-9H2,1-5H3,(H,15,18)(H,19,20). The maximum atomic E-state index is 12.3. The minimum atomic E-state index is -0.879. The molecule has 0 fully saturated rings. The number of urea groups is 1. The van der Waals surface area contributed by atoms with Crippen LogP contribution in [-0.4, -0.2) is 65.0 Å². The average Bonchev–Trinajstić information content (AvgIpc) is 2.31. The summed E-state index contributed by atoms with van der Waals surface area (Å²) in [6.07, 6.45) is 0.416. The predicted molar refractivity (Wildman–Crippen MR) is 80.0 cm³/mol. The van der Waals surface area contributed by atoms with Gasteiger partial charge < -0.3 is 20.2 Å². The van der Waals surface area contributed by atoms with E-state index in [4.69, 9.17) is 5.11 Å². The number of amides is 3. The highest BCUT2D eigenvalue weighted by molar-refractivity contribution is 5.84. The molecule has 0 rings (SSSR count). The molecule has 3 amide bonds. The number of nitrogens with one attached hydrogen (secondary N) is 1. The van der Waals surface area contributed by atoms with Gasteiger partial charge in [-0.25, -0.2) is 4.79 Å². The summed E-state index contributed by atoms with van der Waals surface area (Å²) < 4.78 is 0. The summed E-state index contributed by atoms with van der Waals surface area (Å²) >= 11 is 0. The van der Waals surface area contributed by atoms with Crippen LogP contribution in [-0.2, 0) is 9.59 Å². The first-order valence-electron chi connectivity index (χ1n) is 7.18. The molecule has 0 unspecified atom stereocenters. The van der Waals surface area contributed by atoms with Gasteiger partial charge in [0.05, 0.1) is 0 Å². The summed E-state index contributed by atoms with van der Waals surface area (Å²) in [5.41, 5.74) is 0. The molecule has 7 heteroatoms. The van der Waals surface area contributed by atoms with Crippen molar-refractivity contribution >= 4 is 17.9 Å². The molecule has 0 aliphatic rings. The second-order valence-corrected chi connectivity index (χ2v) is 5.65. The molecule has 0 aliphatic carbocycles. The van der Waals surface area contributed by atoms with Gasteiger partial charge in [-0.05, 0) is 34.1 Å². The second kappa shape index (κ2) is 9.20. The molecular weight excluding hydrogens is 274 g/mol. The molecular formula is C14H27N3O4. The Balaban J connectivity index is 4.51. The molecule has 0 spiro atoms. The molecule has 7 nitrogen and oxygen atoms in total.